The standard InChI is InChI=1S/C10H22N2O2S/c1-4-12(5-2)6-7-15-8-9(11)10(13)14-3/h9H,4-8,11H2,1-3H3. The summed E-state index contributed by atoms with van der Waals surface area (Å²) in [7, 11) is 1.36. The molecule has 0 saturated heterocycles. The van der Waals surface area contributed by atoms with E-state index in [0.717, 1.165) is 25.4 Å². The van der Waals surface area contributed by atoms with Gasteiger partial charge in [0.25, 0.3) is 0 Å². The van der Waals surface area contributed by atoms with E-state index in [1.165, 1.54) is 7.11 Å². The maximum atomic E-state index is 11.0. The van der Waals surface area contributed by atoms with E-state index in [-0.39, 0.29) is 5.97 Å². The van der Waals surface area contributed by atoms with Crippen molar-refractivity contribution in [3.63, 3.8) is 0 Å². The summed E-state index contributed by atoms with van der Waals surface area (Å²) in [5.74, 6) is 1.31. The highest BCUT2D eigenvalue weighted by molar-refractivity contribution is 7.99. The Bertz CT molecular complexity index is 175. The van der Waals surface area contributed by atoms with E-state index in [9.17, 15) is 4.79 Å². The lowest BCUT2D eigenvalue weighted by atomic mass is 10.4. The van der Waals surface area contributed by atoms with Gasteiger partial charge in [-0.2, -0.15) is 11.8 Å². The molecule has 15 heavy (non-hydrogen) atoms. The van der Waals surface area contributed by atoms with Gasteiger partial charge in [-0.3, -0.25) is 4.79 Å². The highest BCUT2D eigenvalue weighted by Gasteiger charge is 2.12. The number of methoxy groups -OCH3 is 1. The topological polar surface area (TPSA) is 55.6 Å². The van der Waals surface area contributed by atoms with Crippen LogP contribution in [0.15, 0.2) is 0 Å². The Hall–Kier alpha value is -0.260. The number of rotatable bonds is 8. The lowest BCUT2D eigenvalue weighted by Crippen LogP contribution is -2.34. The zero-order valence-electron chi connectivity index (χ0n) is 9.86. The Kier molecular flexibility index (Phi) is 8.85. The molecule has 0 aromatic rings. The van der Waals surface area contributed by atoms with Crippen LogP contribution in [0.1, 0.15) is 13.8 Å². The fourth-order valence-electron chi connectivity index (χ4n) is 1.16. The Labute approximate surface area is 96.5 Å². The van der Waals surface area contributed by atoms with Crippen molar-refractivity contribution in [2.24, 2.45) is 5.73 Å². The van der Waals surface area contributed by atoms with Crippen LogP contribution < -0.4 is 5.73 Å². The minimum atomic E-state index is -0.489. The van der Waals surface area contributed by atoms with Crippen LogP contribution in [-0.2, 0) is 9.53 Å². The summed E-state index contributed by atoms with van der Waals surface area (Å²) < 4.78 is 4.54. The second kappa shape index (κ2) is 9.00. The van der Waals surface area contributed by atoms with Gasteiger partial charge in [0.2, 0.25) is 0 Å². The average Bonchev–Trinajstić information content (AvgIpc) is 2.27. The van der Waals surface area contributed by atoms with E-state index in [1.54, 1.807) is 11.8 Å². The fraction of sp³-hybridized carbons (Fsp3) is 0.900. The molecule has 4 nitrogen and oxygen atoms in total. The molecule has 1 atom stereocenters. The molecule has 0 spiro atoms. The Balaban J connectivity index is 3.49. The van der Waals surface area contributed by atoms with Crippen molar-refractivity contribution in [2.75, 3.05) is 38.2 Å². The maximum absolute atomic E-state index is 11.0. The molecule has 0 aromatic heterocycles. The predicted molar refractivity (Wildman–Crippen MR) is 65.1 cm³/mol. The summed E-state index contributed by atoms with van der Waals surface area (Å²) in [6, 6.07) is -0.489. The quantitative estimate of drug-likeness (QED) is 0.491. The van der Waals surface area contributed by atoms with Crippen LogP contribution in [0.3, 0.4) is 0 Å². The second-order valence-electron chi connectivity index (χ2n) is 3.23. The minimum Gasteiger partial charge on any atom is -0.468 e. The van der Waals surface area contributed by atoms with Crippen LogP contribution in [0.5, 0.6) is 0 Å². The summed E-state index contributed by atoms with van der Waals surface area (Å²) in [5.41, 5.74) is 5.60. The largest absolute Gasteiger partial charge is 0.468 e. The smallest absolute Gasteiger partial charge is 0.323 e. The first-order valence-corrected chi connectivity index (χ1v) is 6.44. The Morgan fingerprint density at radius 2 is 2.07 bits per heavy atom. The second-order valence-corrected chi connectivity index (χ2v) is 4.38. The third-order valence-corrected chi connectivity index (χ3v) is 3.31. The molecule has 0 saturated carbocycles. The van der Waals surface area contributed by atoms with Crippen LogP contribution in [0.25, 0.3) is 0 Å². The normalized spacial score (nSPS) is 12.9. The van der Waals surface area contributed by atoms with Gasteiger partial charge in [-0.05, 0) is 13.1 Å². The van der Waals surface area contributed by atoms with Crippen molar-refractivity contribution in [3.05, 3.63) is 0 Å². The summed E-state index contributed by atoms with van der Waals surface area (Å²) >= 11 is 1.70. The third kappa shape index (κ3) is 6.76. The molecule has 0 rings (SSSR count). The Morgan fingerprint density at radius 1 is 1.47 bits per heavy atom. The van der Waals surface area contributed by atoms with Gasteiger partial charge in [0, 0.05) is 18.1 Å². The van der Waals surface area contributed by atoms with Crippen molar-refractivity contribution in [2.45, 2.75) is 19.9 Å². The summed E-state index contributed by atoms with van der Waals surface area (Å²) in [5, 5.41) is 0. The van der Waals surface area contributed by atoms with Crippen LogP contribution >= 0.6 is 11.8 Å². The molecule has 0 radical (unpaired) electrons. The number of hydrogen-bond donors (Lipinski definition) is 1. The lowest BCUT2D eigenvalue weighted by Gasteiger charge is -2.17. The van der Waals surface area contributed by atoms with Gasteiger partial charge in [-0.25, -0.2) is 0 Å². The Morgan fingerprint density at radius 3 is 2.53 bits per heavy atom. The molecular formula is C10H22N2O2S. The van der Waals surface area contributed by atoms with Crippen LogP contribution in [0.4, 0.5) is 0 Å². The van der Waals surface area contributed by atoms with Crippen molar-refractivity contribution < 1.29 is 9.53 Å². The van der Waals surface area contributed by atoms with Gasteiger partial charge in [-0.15, -0.1) is 0 Å². The van der Waals surface area contributed by atoms with Gasteiger partial charge < -0.3 is 15.4 Å². The van der Waals surface area contributed by atoms with Crippen molar-refractivity contribution in [3.8, 4) is 0 Å². The number of carbonyl (C=O) groups is 1. The molecule has 0 aliphatic carbocycles. The number of ether oxygens (including phenoxy) is 1. The monoisotopic (exact) mass is 234 g/mol. The van der Waals surface area contributed by atoms with E-state index in [2.05, 4.69) is 23.5 Å². The van der Waals surface area contributed by atoms with E-state index in [1.807, 2.05) is 0 Å². The SMILES string of the molecule is CCN(CC)CCSCC(N)C(=O)OC. The van der Waals surface area contributed by atoms with E-state index >= 15 is 0 Å². The number of nitrogens with zero attached hydrogens (tertiary/aromatic N) is 1. The van der Waals surface area contributed by atoms with Gasteiger partial charge in [0.1, 0.15) is 6.04 Å². The van der Waals surface area contributed by atoms with E-state index in [0.29, 0.717) is 5.75 Å². The fourth-order valence-corrected chi connectivity index (χ4v) is 2.11. The average molecular weight is 234 g/mol. The van der Waals surface area contributed by atoms with Crippen molar-refractivity contribution in [1.29, 1.82) is 0 Å². The van der Waals surface area contributed by atoms with E-state index < -0.39 is 6.04 Å². The van der Waals surface area contributed by atoms with Crippen LogP contribution in [-0.4, -0.2) is 55.2 Å². The van der Waals surface area contributed by atoms with Crippen molar-refractivity contribution in [1.82, 2.24) is 4.90 Å². The molecule has 5 heteroatoms. The van der Waals surface area contributed by atoms with Gasteiger partial charge >= 0.3 is 5.97 Å². The first-order valence-electron chi connectivity index (χ1n) is 5.29. The van der Waals surface area contributed by atoms with Crippen LogP contribution in [0.2, 0.25) is 0 Å². The molecule has 90 valence electrons. The third-order valence-electron chi connectivity index (χ3n) is 2.25. The predicted octanol–water partition coefficient (Wildman–Crippen LogP) is 0.562. The summed E-state index contributed by atoms with van der Waals surface area (Å²) in [6.07, 6.45) is 0. The summed E-state index contributed by atoms with van der Waals surface area (Å²) in [4.78, 5) is 13.3. The number of esters is 1. The molecule has 0 aromatic carbocycles. The number of nitrogens with two attached hydrogens (primary N) is 1. The van der Waals surface area contributed by atoms with Gasteiger partial charge in [-0.1, -0.05) is 13.8 Å². The highest BCUT2D eigenvalue weighted by atomic mass is 32.2. The molecule has 0 fully saturated rings. The zero-order valence-corrected chi connectivity index (χ0v) is 10.7. The molecule has 0 aliphatic heterocycles. The zero-order chi connectivity index (χ0) is 11.7. The number of hydrogen-bond acceptors (Lipinski definition) is 5. The number of carbonyl (C=O) groups excluding carboxylic acids is 1. The molecule has 1 unspecified atom stereocenters. The van der Waals surface area contributed by atoms with Gasteiger partial charge in [0.15, 0.2) is 0 Å². The maximum Gasteiger partial charge on any atom is 0.323 e. The summed E-state index contributed by atoms with van der Waals surface area (Å²) in [6.45, 7) is 7.48. The van der Waals surface area contributed by atoms with E-state index in [4.69, 9.17) is 5.73 Å². The molecule has 2 N–H and O–H groups in total. The first-order chi connectivity index (χ1) is 7.15. The molecule has 0 amide bonds. The number of thioether (sulfide) groups is 1. The minimum absolute atomic E-state index is 0.328. The van der Waals surface area contributed by atoms with Crippen LogP contribution in [0, 0.1) is 0 Å². The first kappa shape index (κ1) is 14.7. The molecule has 0 bridgehead atoms. The molecule has 0 heterocycles. The molecule has 0 aliphatic rings. The van der Waals surface area contributed by atoms with Crippen molar-refractivity contribution >= 4 is 17.7 Å². The van der Waals surface area contributed by atoms with Gasteiger partial charge in [0.05, 0.1) is 7.11 Å². The highest BCUT2D eigenvalue weighted by Crippen LogP contribution is 2.03. The molecular weight excluding hydrogens is 212 g/mol. The lowest BCUT2D eigenvalue weighted by molar-refractivity contribution is -0.141.